The van der Waals surface area contributed by atoms with E-state index in [1.807, 2.05) is 59.5 Å². The maximum Gasteiger partial charge on any atom is 0.267 e. The minimum atomic E-state index is 0.0169. The van der Waals surface area contributed by atoms with Crippen LogP contribution in [0.15, 0.2) is 58.4 Å². The number of ether oxygens (including phenoxy) is 2. The lowest BCUT2D eigenvalue weighted by atomic mass is 9.85. The molecule has 0 radical (unpaired) electrons. The van der Waals surface area contributed by atoms with Gasteiger partial charge in [0.05, 0.1) is 24.8 Å². The maximum absolute atomic E-state index is 13.6. The first-order valence-electron chi connectivity index (χ1n) is 10.7. The predicted octanol–water partition coefficient (Wildman–Crippen LogP) is 5.89. The molecule has 1 saturated carbocycles. The van der Waals surface area contributed by atoms with Crippen molar-refractivity contribution in [3.63, 3.8) is 0 Å². The normalized spacial score (nSPS) is 24.1. The molecule has 1 aliphatic carbocycles. The molecular formula is C25H28N2O3S. The van der Waals surface area contributed by atoms with Gasteiger partial charge in [0, 0.05) is 11.6 Å². The van der Waals surface area contributed by atoms with E-state index in [1.165, 1.54) is 18.2 Å². The van der Waals surface area contributed by atoms with E-state index >= 15 is 0 Å². The highest BCUT2D eigenvalue weighted by Gasteiger charge is 2.41. The van der Waals surface area contributed by atoms with Crippen molar-refractivity contribution < 1.29 is 14.3 Å². The highest BCUT2D eigenvalue weighted by atomic mass is 32.2. The van der Waals surface area contributed by atoms with Gasteiger partial charge in [-0.2, -0.15) is 0 Å². The number of aliphatic imine (C=N–C) groups is 1. The van der Waals surface area contributed by atoms with Crippen LogP contribution < -0.4 is 9.47 Å². The van der Waals surface area contributed by atoms with Crippen LogP contribution in [0.4, 0.5) is 5.69 Å². The first-order valence-corrected chi connectivity index (χ1v) is 11.5. The number of thioether (sulfide) groups is 1. The molecule has 162 valence electrons. The minimum absolute atomic E-state index is 0.0169. The van der Waals surface area contributed by atoms with Gasteiger partial charge in [0.1, 0.15) is 11.5 Å². The van der Waals surface area contributed by atoms with E-state index in [4.69, 9.17) is 14.5 Å². The van der Waals surface area contributed by atoms with Gasteiger partial charge in [-0.15, -0.1) is 0 Å². The Morgan fingerprint density at radius 3 is 2.55 bits per heavy atom. The Morgan fingerprint density at radius 1 is 1.06 bits per heavy atom. The van der Waals surface area contributed by atoms with Gasteiger partial charge in [0.2, 0.25) is 0 Å². The summed E-state index contributed by atoms with van der Waals surface area (Å²) in [5.74, 6) is 1.89. The number of hydrogen-bond acceptors (Lipinski definition) is 5. The lowest BCUT2D eigenvalue weighted by molar-refractivity contribution is -0.124. The predicted molar refractivity (Wildman–Crippen MR) is 127 cm³/mol. The van der Waals surface area contributed by atoms with Gasteiger partial charge >= 0.3 is 0 Å². The quantitative estimate of drug-likeness (QED) is 0.549. The molecular weight excluding hydrogens is 408 g/mol. The van der Waals surface area contributed by atoms with E-state index in [9.17, 15) is 4.79 Å². The van der Waals surface area contributed by atoms with E-state index in [0.29, 0.717) is 16.6 Å². The molecule has 5 nitrogen and oxygen atoms in total. The second-order valence-corrected chi connectivity index (χ2v) is 8.96. The molecule has 1 aliphatic heterocycles. The van der Waals surface area contributed by atoms with Crippen molar-refractivity contribution in [1.82, 2.24) is 4.90 Å². The molecule has 0 unspecified atom stereocenters. The van der Waals surface area contributed by atoms with Crippen molar-refractivity contribution in [2.45, 2.75) is 38.6 Å². The highest BCUT2D eigenvalue weighted by Crippen LogP contribution is 2.41. The van der Waals surface area contributed by atoms with Crippen molar-refractivity contribution in [2.24, 2.45) is 10.9 Å². The van der Waals surface area contributed by atoms with E-state index in [-0.39, 0.29) is 11.9 Å². The summed E-state index contributed by atoms with van der Waals surface area (Å²) < 4.78 is 10.9. The van der Waals surface area contributed by atoms with Crippen LogP contribution >= 0.6 is 11.8 Å². The third kappa shape index (κ3) is 4.64. The van der Waals surface area contributed by atoms with E-state index in [1.54, 1.807) is 14.2 Å². The lowest BCUT2D eigenvalue weighted by Gasteiger charge is -2.35. The number of hydrogen-bond donors (Lipinski definition) is 0. The molecule has 2 aromatic rings. The fourth-order valence-electron chi connectivity index (χ4n) is 4.24. The zero-order chi connectivity index (χ0) is 21.8. The van der Waals surface area contributed by atoms with Crippen molar-refractivity contribution in [3.8, 4) is 11.5 Å². The molecule has 2 aliphatic rings. The summed E-state index contributed by atoms with van der Waals surface area (Å²) in [4.78, 5) is 21.0. The Kier molecular flexibility index (Phi) is 6.66. The summed E-state index contributed by atoms with van der Waals surface area (Å²) in [5, 5.41) is 0.753. The first-order chi connectivity index (χ1) is 15.1. The number of amides is 1. The van der Waals surface area contributed by atoms with Crippen LogP contribution in [0.25, 0.3) is 6.08 Å². The van der Waals surface area contributed by atoms with E-state index in [0.717, 1.165) is 41.4 Å². The Hall–Kier alpha value is -2.73. The van der Waals surface area contributed by atoms with Crippen LogP contribution in [0.2, 0.25) is 0 Å². The number of para-hydroxylation sites is 1. The van der Waals surface area contributed by atoms with Crippen LogP contribution in [-0.2, 0) is 4.79 Å². The molecule has 0 bridgehead atoms. The summed E-state index contributed by atoms with van der Waals surface area (Å²) >= 11 is 1.44. The Morgan fingerprint density at radius 2 is 1.84 bits per heavy atom. The summed E-state index contributed by atoms with van der Waals surface area (Å²) in [6.45, 7) is 2.24. The van der Waals surface area contributed by atoms with Gasteiger partial charge in [0.25, 0.3) is 5.91 Å². The largest absolute Gasteiger partial charge is 0.497 e. The molecule has 2 fully saturated rings. The van der Waals surface area contributed by atoms with Crippen LogP contribution in [0.5, 0.6) is 11.5 Å². The van der Waals surface area contributed by atoms with Crippen LogP contribution in [-0.4, -0.2) is 36.2 Å². The van der Waals surface area contributed by atoms with Gasteiger partial charge in [-0.3, -0.25) is 9.69 Å². The average Bonchev–Trinajstić information content (AvgIpc) is 3.09. The van der Waals surface area contributed by atoms with Crippen LogP contribution in [0.1, 0.15) is 38.2 Å². The van der Waals surface area contributed by atoms with Gasteiger partial charge in [-0.05, 0) is 66.9 Å². The number of nitrogens with zero attached hydrogens (tertiary/aromatic N) is 2. The van der Waals surface area contributed by atoms with Gasteiger partial charge in [0.15, 0.2) is 5.17 Å². The molecule has 1 amide bonds. The van der Waals surface area contributed by atoms with Crippen molar-refractivity contribution in [2.75, 3.05) is 14.2 Å². The van der Waals surface area contributed by atoms with Crippen molar-refractivity contribution in [3.05, 3.63) is 59.0 Å². The Labute approximate surface area is 188 Å². The van der Waals surface area contributed by atoms with Gasteiger partial charge < -0.3 is 9.47 Å². The van der Waals surface area contributed by atoms with E-state index < -0.39 is 0 Å². The molecule has 0 spiro atoms. The van der Waals surface area contributed by atoms with Gasteiger partial charge in [-0.1, -0.05) is 38.0 Å². The minimum Gasteiger partial charge on any atom is -0.497 e. The summed E-state index contributed by atoms with van der Waals surface area (Å²) in [6, 6.07) is 15.6. The lowest BCUT2D eigenvalue weighted by Crippen LogP contribution is -2.44. The number of methoxy groups -OCH3 is 2. The Balaban J connectivity index is 1.75. The van der Waals surface area contributed by atoms with Crippen molar-refractivity contribution in [1.29, 1.82) is 0 Å². The molecule has 0 N–H and O–H groups in total. The number of carbonyl (C=O) groups excluding carboxylic acids is 1. The second kappa shape index (κ2) is 9.60. The smallest absolute Gasteiger partial charge is 0.267 e. The fourth-order valence-corrected chi connectivity index (χ4v) is 5.28. The summed E-state index contributed by atoms with van der Waals surface area (Å²) in [7, 11) is 3.26. The van der Waals surface area contributed by atoms with E-state index in [2.05, 4.69) is 6.92 Å². The van der Waals surface area contributed by atoms with Gasteiger partial charge in [-0.25, -0.2) is 4.99 Å². The second-order valence-electron chi connectivity index (χ2n) is 7.95. The standard InChI is InChI=1S/C25H28N2O3S/c1-17-9-7-8-12-21(17)27-24(28)23(31-25(27)26-19-10-5-4-6-11-19)16-18-15-20(29-2)13-14-22(18)30-3/h4-6,10-11,13-17,21H,7-9,12H2,1-3H3/b23-16-,26-25?/t17-,21-/m0/s1. The summed E-state index contributed by atoms with van der Waals surface area (Å²) in [6.07, 6.45) is 6.41. The first kappa shape index (κ1) is 21.5. The average molecular weight is 437 g/mol. The zero-order valence-corrected chi connectivity index (χ0v) is 19.0. The molecule has 31 heavy (non-hydrogen) atoms. The molecule has 4 rings (SSSR count). The number of amidine groups is 1. The highest BCUT2D eigenvalue weighted by molar-refractivity contribution is 8.18. The zero-order valence-electron chi connectivity index (χ0n) is 18.2. The number of benzene rings is 2. The molecule has 2 aromatic carbocycles. The molecule has 6 heteroatoms. The Bertz CT molecular complexity index is 1000. The topological polar surface area (TPSA) is 51.1 Å². The third-order valence-corrected chi connectivity index (χ3v) is 6.92. The molecule has 1 saturated heterocycles. The number of rotatable bonds is 5. The third-order valence-electron chi connectivity index (χ3n) is 5.94. The summed E-state index contributed by atoms with van der Waals surface area (Å²) in [5.41, 5.74) is 1.67. The molecule has 1 heterocycles. The monoisotopic (exact) mass is 436 g/mol. The maximum atomic E-state index is 13.6. The number of carbonyl (C=O) groups is 1. The molecule has 2 atom stereocenters. The SMILES string of the molecule is COc1ccc(OC)c(/C=C2\SC(=Nc3ccccc3)N([C@H]3CCCC[C@@H]3C)C2=O)c1. The fraction of sp³-hybridized carbons (Fsp3) is 0.360. The van der Waals surface area contributed by atoms with Crippen LogP contribution in [0, 0.1) is 5.92 Å². The van der Waals surface area contributed by atoms with Crippen molar-refractivity contribution >= 4 is 34.6 Å². The molecule has 0 aromatic heterocycles. The van der Waals surface area contributed by atoms with Crippen LogP contribution in [0.3, 0.4) is 0 Å².